The summed E-state index contributed by atoms with van der Waals surface area (Å²) in [7, 11) is 0. The van der Waals surface area contributed by atoms with E-state index in [1.807, 2.05) is 164 Å². The predicted octanol–water partition coefficient (Wildman–Crippen LogP) is 16.1. The third kappa shape index (κ3) is 16.3. The van der Waals surface area contributed by atoms with Crippen LogP contribution in [0.15, 0.2) is 152 Å². The summed E-state index contributed by atoms with van der Waals surface area (Å²) < 4.78 is 193. The molecule has 0 aliphatic rings. The van der Waals surface area contributed by atoms with Gasteiger partial charge in [-0.05, 0) is 160 Å². The van der Waals surface area contributed by atoms with Crippen LogP contribution in [0.2, 0.25) is 0 Å². The number of hydrogen-bond acceptors (Lipinski definition) is 10. The molecule has 85 heavy (non-hydrogen) atoms. The van der Waals surface area contributed by atoms with Gasteiger partial charge >= 0.3 is 24.7 Å². The number of nitrogens with zero attached hydrogens (tertiary/aromatic N) is 8. The van der Waals surface area contributed by atoms with E-state index in [-0.39, 0.29) is 34.8 Å². The van der Waals surface area contributed by atoms with E-state index in [1.165, 1.54) is 80.6 Å². The van der Waals surface area contributed by atoms with E-state index < -0.39 is 82.5 Å². The lowest BCUT2D eigenvalue weighted by atomic mass is 9.77. The summed E-state index contributed by atoms with van der Waals surface area (Å²) in [6.45, 7) is 0. The number of fused-ring (bicyclic) bond motifs is 2. The lowest BCUT2D eigenvalue weighted by molar-refractivity contribution is -0.208. The van der Waals surface area contributed by atoms with Gasteiger partial charge in [0.25, 0.3) is 5.78 Å². The normalized spacial score (nSPS) is 12.1. The van der Waals surface area contributed by atoms with Crippen molar-refractivity contribution in [3.8, 4) is 0 Å². The van der Waals surface area contributed by atoms with Crippen molar-refractivity contribution in [2.24, 2.45) is 0 Å². The summed E-state index contributed by atoms with van der Waals surface area (Å²) in [5.74, 6) is -5.63. The van der Waals surface area contributed by atoms with Gasteiger partial charge in [-0.25, -0.2) is 29.6 Å². The number of carbonyl (C=O) groups excluding carboxylic acids is 2. The molecule has 0 aliphatic carbocycles. The van der Waals surface area contributed by atoms with Crippen LogP contribution in [0.4, 0.5) is 65.9 Å². The first-order chi connectivity index (χ1) is 39.9. The number of alkyl halides is 12. The Morgan fingerprint density at radius 2 is 0.965 bits per heavy atom. The number of aliphatic hydroxyl groups is 1. The van der Waals surface area contributed by atoms with Crippen molar-refractivity contribution in [2.45, 2.75) is 36.3 Å². The largest absolute Gasteiger partial charge is 0.455 e. The van der Waals surface area contributed by atoms with Crippen LogP contribution in [-0.4, -0.2) is 74.4 Å². The zero-order valence-corrected chi connectivity index (χ0v) is 52.3. The highest BCUT2D eigenvalue weighted by Crippen LogP contribution is 2.45. The van der Waals surface area contributed by atoms with Gasteiger partial charge in [0.05, 0.1) is 27.5 Å². The van der Waals surface area contributed by atoms with E-state index in [0.29, 0.717) is 17.0 Å². The highest BCUT2D eigenvalue weighted by Gasteiger charge is 2.46. The van der Waals surface area contributed by atoms with Gasteiger partial charge in [-0.1, -0.05) is 91.0 Å². The fraction of sp³-hybridized carbons (Fsp3) is 0.113. The Morgan fingerprint density at radius 1 is 0.529 bits per heavy atom. The number of halogens is 20. The molecule has 7 aromatic heterocycles. The number of aldehydes is 1. The van der Waals surface area contributed by atoms with Gasteiger partial charge < -0.3 is 5.11 Å². The fourth-order valence-electron chi connectivity index (χ4n) is 7.58. The SMILES string of the molecule is FC(F)(F)c1[nH]nc2nccc(I)c12.FC(F)(F)c1nn(C(c2ccccc2)(c2ccccc2)c2ccccc2)c2nccc(I)c12.O=C(c1c(I)ccnc1F)C(F)(F)F.O=Cc1c(I)ccnc1F.OC(c1c(I)ccnc1F)C(F)(F)F. The number of H-pyrrole nitrogens is 1. The molecule has 0 spiro atoms. The number of pyridine rings is 5. The van der Waals surface area contributed by atoms with Gasteiger partial charge in [0, 0.05) is 48.8 Å². The van der Waals surface area contributed by atoms with Gasteiger partial charge in [-0.2, -0.15) is 76.1 Å². The van der Waals surface area contributed by atoms with Crippen LogP contribution in [0, 0.1) is 35.7 Å². The molecule has 12 nitrogen and oxygen atoms in total. The first-order valence-corrected chi connectivity index (χ1v) is 28.3. The average molecular weight is 1760 g/mol. The Bertz CT molecular complexity index is 3780. The summed E-state index contributed by atoms with van der Waals surface area (Å²) in [5.41, 5.74) is -2.20. The van der Waals surface area contributed by atoms with E-state index in [1.54, 1.807) is 12.1 Å². The lowest BCUT2D eigenvalue weighted by Gasteiger charge is -2.36. The fourth-order valence-corrected chi connectivity index (χ4v) is 10.7. The van der Waals surface area contributed by atoms with Crippen molar-refractivity contribution in [3.05, 3.63) is 233 Å². The molecule has 32 heteroatoms. The van der Waals surface area contributed by atoms with Gasteiger partial charge in [0.15, 0.2) is 29.4 Å². The zero-order valence-electron chi connectivity index (χ0n) is 41.5. The number of benzene rings is 3. The van der Waals surface area contributed by atoms with Crippen LogP contribution in [0.5, 0.6) is 0 Å². The molecule has 7 heterocycles. The van der Waals surface area contributed by atoms with E-state index in [0.717, 1.165) is 35.2 Å². The molecule has 0 amide bonds. The minimum Gasteiger partial charge on any atom is -0.379 e. The maximum absolute atomic E-state index is 14.2. The smallest absolute Gasteiger partial charge is 0.379 e. The molecule has 10 rings (SSSR count). The molecule has 444 valence electrons. The molecule has 0 bridgehead atoms. The van der Waals surface area contributed by atoms with Crippen LogP contribution < -0.4 is 0 Å². The second kappa shape index (κ2) is 28.8. The lowest BCUT2D eigenvalue weighted by Crippen LogP contribution is -2.39. The monoisotopic (exact) mass is 1760 g/mol. The summed E-state index contributed by atoms with van der Waals surface area (Å²) in [6, 6.07) is 35.4. The summed E-state index contributed by atoms with van der Waals surface area (Å²) >= 11 is 8.55. The molecule has 0 saturated carbocycles. The molecular weight excluding hydrogens is 1730 g/mol. The minimum atomic E-state index is -5.08. The molecule has 1 unspecified atom stereocenters. The maximum Gasteiger partial charge on any atom is 0.455 e. The van der Waals surface area contributed by atoms with Gasteiger partial charge in [0.2, 0.25) is 17.8 Å². The van der Waals surface area contributed by atoms with Crippen molar-refractivity contribution in [2.75, 3.05) is 0 Å². The highest BCUT2D eigenvalue weighted by atomic mass is 127. The number of ketones is 1. The molecule has 0 saturated heterocycles. The minimum absolute atomic E-state index is 0.00207. The van der Waals surface area contributed by atoms with Crippen LogP contribution in [-0.2, 0) is 17.9 Å². The molecule has 10 aromatic rings. The second-order valence-electron chi connectivity index (χ2n) is 16.5. The number of aromatic amines is 1. The quantitative estimate of drug-likeness (QED) is 0.0392. The first kappa shape index (κ1) is 68.4. The Labute approximate surface area is 536 Å². The van der Waals surface area contributed by atoms with Gasteiger partial charge in [-0.15, -0.1) is 0 Å². The van der Waals surface area contributed by atoms with Crippen molar-refractivity contribution >= 4 is 147 Å². The van der Waals surface area contributed by atoms with Crippen molar-refractivity contribution in [1.29, 1.82) is 0 Å². The Hall–Kier alpha value is -5.75. The molecule has 0 fully saturated rings. The molecule has 0 radical (unpaired) electrons. The van der Waals surface area contributed by atoms with Crippen LogP contribution >= 0.6 is 113 Å². The Kier molecular flexibility index (Phi) is 23.2. The number of hydrogen-bond donors (Lipinski definition) is 2. The van der Waals surface area contributed by atoms with Crippen molar-refractivity contribution < 1.29 is 80.6 Å². The second-order valence-corrected chi connectivity index (χ2v) is 22.3. The topological polar surface area (TPSA) is 165 Å². The van der Waals surface area contributed by atoms with Gasteiger partial charge in [0.1, 0.15) is 11.2 Å². The van der Waals surface area contributed by atoms with Crippen LogP contribution in [0.3, 0.4) is 0 Å². The summed E-state index contributed by atoms with van der Waals surface area (Å²) in [5, 5.41) is 18.5. The van der Waals surface area contributed by atoms with E-state index in [4.69, 9.17) is 5.11 Å². The number of nitrogens with one attached hydrogen (secondary N) is 1. The third-order valence-electron chi connectivity index (χ3n) is 11.2. The maximum atomic E-state index is 14.2. The summed E-state index contributed by atoms with van der Waals surface area (Å²) in [4.78, 5) is 38.3. The Morgan fingerprint density at radius 3 is 1.39 bits per heavy atom. The molecule has 0 aliphatic heterocycles. The molecule has 1 atom stereocenters. The highest BCUT2D eigenvalue weighted by molar-refractivity contribution is 14.1. The van der Waals surface area contributed by atoms with Crippen molar-refractivity contribution in [1.82, 2.24) is 44.9 Å². The summed E-state index contributed by atoms with van der Waals surface area (Å²) in [6.07, 6.45) is -15.1. The number of carbonyl (C=O) groups is 2. The standard InChI is InChI=1S/C26H17F3IN3.C7H4F4INO.C7H2F4INO.C7H3F3IN3.C6H3FINO/c27-26(28,29)23-22-21(30)16-17-31-24(22)33(32-23)25(18-10-4-1-5-11-18,19-12-6-2-7-13-19)20-14-8-3-9-15-20;2*8-6-4(3(12)1-2-13-6)5(14)7(9,10)11;8-7(9,10)5-4-3(11)1-2-12-6(4)14-13-5;7-6-4(3-10)5(8)1-2-9-6/h1-17H;1-2,5,14H;1-2H;1-2H,(H,12,13,14);1-3H. The number of Topliss-reactive ketones (excluding diaryl/α,β-unsaturated/α-hetero) is 1. The first-order valence-electron chi connectivity index (χ1n) is 22.9. The van der Waals surface area contributed by atoms with E-state index in [9.17, 15) is 75.4 Å². The van der Waals surface area contributed by atoms with Crippen LogP contribution in [0.1, 0.15) is 60.5 Å². The number of aliphatic hydroxyl groups excluding tert-OH is 1. The van der Waals surface area contributed by atoms with Crippen molar-refractivity contribution in [3.63, 3.8) is 0 Å². The number of rotatable bonds is 7. The Balaban J connectivity index is 0.000000186. The zero-order chi connectivity index (χ0) is 62.8. The molecule has 2 N–H and O–H groups in total. The third-order valence-corrected chi connectivity index (χ3v) is 15.8. The van der Waals surface area contributed by atoms with E-state index >= 15 is 0 Å². The van der Waals surface area contributed by atoms with Crippen LogP contribution in [0.25, 0.3) is 22.1 Å². The molecular formula is C53H29F15I5N9O3. The van der Waals surface area contributed by atoms with Gasteiger partial charge in [-0.3, -0.25) is 14.7 Å². The average Bonchev–Trinajstić information content (AvgIpc) is 1.71. The molecule has 3 aromatic carbocycles. The number of aromatic nitrogens is 9. The van der Waals surface area contributed by atoms with E-state index in [2.05, 4.69) is 35.1 Å². The predicted molar refractivity (Wildman–Crippen MR) is 319 cm³/mol.